The Kier molecular flexibility index (Phi) is 9.43. The van der Waals surface area contributed by atoms with E-state index in [1.54, 1.807) is 0 Å². The molecule has 2 aromatic heterocycles. The van der Waals surface area contributed by atoms with Gasteiger partial charge in [0.1, 0.15) is 6.54 Å². The third-order valence-electron chi connectivity index (χ3n) is 5.38. The van der Waals surface area contributed by atoms with Crippen LogP contribution >= 0.6 is 24.0 Å². The number of halogens is 1. The number of nitrogens with zero attached hydrogens (tertiary/aromatic N) is 4. The van der Waals surface area contributed by atoms with Crippen LogP contribution < -0.4 is 10.6 Å². The number of hydrogen-bond acceptors (Lipinski definition) is 4. The Balaban J connectivity index is 0.00000280. The third kappa shape index (κ3) is 6.04. The zero-order valence-corrected chi connectivity index (χ0v) is 19.3. The molecule has 2 aromatic rings. The van der Waals surface area contributed by atoms with E-state index in [2.05, 4.69) is 34.7 Å². The molecular weight excluding hydrogens is 467 g/mol. The van der Waals surface area contributed by atoms with Crippen LogP contribution in [0.15, 0.2) is 29.4 Å². The Hall–Kier alpha value is -1.42. The van der Waals surface area contributed by atoms with E-state index in [9.17, 15) is 0 Å². The Morgan fingerprint density at radius 1 is 1.21 bits per heavy atom. The molecule has 0 aliphatic heterocycles. The molecular formula is C20H33IN6O. The summed E-state index contributed by atoms with van der Waals surface area (Å²) in [4.78, 5) is 4.73. The second-order valence-corrected chi connectivity index (χ2v) is 7.25. The smallest absolute Gasteiger partial charge is 0.191 e. The van der Waals surface area contributed by atoms with E-state index >= 15 is 0 Å². The summed E-state index contributed by atoms with van der Waals surface area (Å²) in [5.74, 6) is 1.68. The monoisotopic (exact) mass is 500 g/mol. The van der Waals surface area contributed by atoms with Gasteiger partial charge in [-0.3, -0.25) is 4.40 Å². The molecule has 7 nitrogen and oxygen atoms in total. The Labute approximate surface area is 184 Å². The zero-order valence-electron chi connectivity index (χ0n) is 17.0. The maximum absolute atomic E-state index is 5.62. The normalized spacial score (nSPS) is 16.1. The predicted molar refractivity (Wildman–Crippen MR) is 123 cm³/mol. The van der Waals surface area contributed by atoms with E-state index in [-0.39, 0.29) is 24.0 Å². The molecule has 1 aliphatic carbocycles. The molecule has 2 heterocycles. The van der Waals surface area contributed by atoms with Gasteiger partial charge in [-0.2, -0.15) is 0 Å². The van der Waals surface area contributed by atoms with Crippen LogP contribution in [0.25, 0.3) is 5.65 Å². The van der Waals surface area contributed by atoms with Crippen molar-refractivity contribution in [3.63, 3.8) is 0 Å². The van der Waals surface area contributed by atoms with E-state index in [1.165, 1.54) is 25.7 Å². The van der Waals surface area contributed by atoms with Gasteiger partial charge >= 0.3 is 0 Å². The van der Waals surface area contributed by atoms with Crippen molar-refractivity contribution < 1.29 is 4.74 Å². The molecule has 2 N–H and O–H groups in total. The number of aliphatic imine (C=N–C) groups is 1. The Morgan fingerprint density at radius 3 is 2.79 bits per heavy atom. The van der Waals surface area contributed by atoms with Gasteiger partial charge in [0.15, 0.2) is 17.4 Å². The summed E-state index contributed by atoms with van der Waals surface area (Å²) in [5.41, 5.74) is 1.17. The predicted octanol–water partition coefficient (Wildman–Crippen LogP) is 3.39. The van der Waals surface area contributed by atoms with Crippen LogP contribution in [0.1, 0.15) is 51.8 Å². The first-order valence-corrected chi connectivity index (χ1v) is 10.1. The van der Waals surface area contributed by atoms with Gasteiger partial charge in [-0.15, -0.1) is 34.2 Å². The topological polar surface area (TPSA) is 75.8 Å². The first-order chi connectivity index (χ1) is 13.3. The van der Waals surface area contributed by atoms with Crippen molar-refractivity contribution in [2.24, 2.45) is 10.4 Å². The van der Waals surface area contributed by atoms with E-state index in [1.807, 2.05) is 28.8 Å². The molecule has 0 bridgehead atoms. The number of rotatable bonds is 9. The minimum absolute atomic E-state index is 0. The lowest BCUT2D eigenvalue weighted by Gasteiger charge is -2.30. The summed E-state index contributed by atoms with van der Waals surface area (Å²) < 4.78 is 7.60. The standard InChI is InChI=1S/C20H32N6O.HI/c1-3-21-19(22-15-18-25-24-17-9-5-8-13-26(17)18)23-16-20(10-6-7-11-20)12-14-27-4-2;/h5,8-9,13H,3-4,6-7,10-12,14-16H2,1-2H3,(H2,21,22,23);1H. The van der Waals surface area contributed by atoms with Crippen LogP contribution in [-0.4, -0.2) is 46.9 Å². The van der Waals surface area contributed by atoms with E-state index in [0.29, 0.717) is 12.0 Å². The summed E-state index contributed by atoms with van der Waals surface area (Å²) in [6, 6.07) is 5.90. The lowest BCUT2D eigenvalue weighted by molar-refractivity contribution is 0.105. The molecule has 3 rings (SSSR count). The summed E-state index contributed by atoms with van der Waals surface area (Å²) in [6.45, 7) is 8.04. The van der Waals surface area contributed by atoms with Crippen LogP contribution in [0.3, 0.4) is 0 Å². The molecule has 1 saturated carbocycles. The van der Waals surface area contributed by atoms with Crippen molar-refractivity contribution in [2.45, 2.75) is 52.5 Å². The van der Waals surface area contributed by atoms with Gasteiger partial charge in [-0.05, 0) is 50.7 Å². The Bertz CT molecular complexity index is 741. The molecule has 0 saturated heterocycles. The molecule has 8 heteroatoms. The fraction of sp³-hybridized carbons (Fsp3) is 0.650. The maximum Gasteiger partial charge on any atom is 0.191 e. The SMILES string of the molecule is CCNC(=NCc1nnc2ccccn12)NCC1(CCOCC)CCCC1.I. The second kappa shape index (κ2) is 11.5. The van der Waals surface area contributed by atoms with Crippen molar-refractivity contribution in [3.8, 4) is 0 Å². The minimum Gasteiger partial charge on any atom is -0.382 e. The third-order valence-corrected chi connectivity index (χ3v) is 5.38. The molecule has 1 aliphatic rings. The van der Waals surface area contributed by atoms with Gasteiger partial charge < -0.3 is 15.4 Å². The number of pyridine rings is 1. The molecule has 0 atom stereocenters. The average Bonchev–Trinajstić information content (AvgIpc) is 3.32. The van der Waals surface area contributed by atoms with Gasteiger partial charge in [-0.1, -0.05) is 18.9 Å². The molecule has 0 unspecified atom stereocenters. The molecule has 0 aromatic carbocycles. The van der Waals surface area contributed by atoms with Gasteiger partial charge in [0, 0.05) is 32.5 Å². The molecule has 28 heavy (non-hydrogen) atoms. The largest absolute Gasteiger partial charge is 0.382 e. The highest BCUT2D eigenvalue weighted by Gasteiger charge is 2.33. The number of fused-ring (bicyclic) bond motifs is 1. The van der Waals surface area contributed by atoms with Crippen LogP contribution in [0.4, 0.5) is 0 Å². The Morgan fingerprint density at radius 2 is 2.04 bits per heavy atom. The fourth-order valence-corrected chi connectivity index (χ4v) is 3.83. The lowest BCUT2D eigenvalue weighted by atomic mass is 9.83. The van der Waals surface area contributed by atoms with Gasteiger partial charge in [0.2, 0.25) is 0 Å². The first-order valence-electron chi connectivity index (χ1n) is 10.1. The first kappa shape index (κ1) is 22.9. The van der Waals surface area contributed by atoms with Crippen molar-refractivity contribution in [3.05, 3.63) is 30.2 Å². The van der Waals surface area contributed by atoms with Crippen LogP contribution in [0.2, 0.25) is 0 Å². The summed E-state index contributed by atoms with van der Waals surface area (Å²) in [7, 11) is 0. The van der Waals surface area contributed by atoms with E-state index in [0.717, 1.165) is 50.2 Å². The number of nitrogens with one attached hydrogen (secondary N) is 2. The zero-order chi connectivity index (χ0) is 19.0. The number of hydrogen-bond donors (Lipinski definition) is 2. The summed E-state index contributed by atoms with van der Waals surface area (Å²) in [5, 5.41) is 15.4. The number of ether oxygens (including phenoxy) is 1. The van der Waals surface area contributed by atoms with Crippen molar-refractivity contribution in [1.82, 2.24) is 25.2 Å². The molecule has 0 spiro atoms. The van der Waals surface area contributed by atoms with Crippen molar-refractivity contribution >= 4 is 35.6 Å². The highest BCUT2D eigenvalue weighted by atomic mass is 127. The molecule has 0 radical (unpaired) electrons. The molecule has 156 valence electrons. The number of guanidine groups is 1. The van der Waals surface area contributed by atoms with Crippen LogP contribution in [-0.2, 0) is 11.3 Å². The summed E-state index contributed by atoms with van der Waals surface area (Å²) >= 11 is 0. The van der Waals surface area contributed by atoms with E-state index < -0.39 is 0 Å². The van der Waals surface area contributed by atoms with Gasteiger partial charge in [0.25, 0.3) is 0 Å². The maximum atomic E-state index is 5.62. The minimum atomic E-state index is 0. The lowest BCUT2D eigenvalue weighted by Crippen LogP contribution is -2.43. The quantitative estimate of drug-likeness (QED) is 0.239. The summed E-state index contributed by atoms with van der Waals surface area (Å²) in [6.07, 6.45) is 8.24. The van der Waals surface area contributed by atoms with Gasteiger partial charge in [-0.25, -0.2) is 4.99 Å². The second-order valence-electron chi connectivity index (χ2n) is 7.25. The highest BCUT2D eigenvalue weighted by Crippen LogP contribution is 2.40. The van der Waals surface area contributed by atoms with Crippen molar-refractivity contribution in [1.29, 1.82) is 0 Å². The molecule has 0 amide bonds. The highest BCUT2D eigenvalue weighted by molar-refractivity contribution is 14.0. The number of aromatic nitrogens is 3. The average molecular weight is 500 g/mol. The van der Waals surface area contributed by atoms with Gasteiger partial charge in [0.05, 0.1) is 0 Å². The van der Waals surface area contributed by atoms with Crippen LogP contribution in [0, 0.1) is 5.41 Å². The van der Waals surface area contributed by atoms with Crippen molar-refractivity contribution in [2.75, 3.05) is 26.3 Å². The van der Waals surface area contributed by atoms with Crippen LogP contribution in [0.5, 0.6) is 0 Å². The fourth-order valence-electron chi connectivity index (χ4n) is 3.83. The molecule has 1 fully saturated rings. The van der Waals surface area contributed by atoms with E-state index in [4.69, 9.17) is 9.73 Å².